The van der Waals surface area contributed by atoms with Crippen LogP contribution in [0, 0.1) is 24.7 Å². The normalized spacial score (nSPS) is 15.9. The van der Waals surface area contributed by atoms with E-state index in [0.717, 1.165) is 63.1 Å². The van der Waals surface area contributed by atoms with Gasteiger partial charge < -0.3 is 9.67 Å². The van der Waals surface area contributed by atoms with E-state index in [9.17, 15) is 18.7 Å². The lowest BCUT2D eigenvalue weighted by atomic mass is 9.97. The number of rotatable bonds is 8. The van der Waals surface area contributed by atoms with E-state index < -0.39 is 18.4 Å². The Morgan fingerprint density at radius 1 is 1.15 bits per heavy atom. The average Bonchev–Trinajstić information content (AvgIpc) is 3.89. The topological polar surface area (TPSA) is 101 Å². The summed E-state index contributed by atoms with van der Waals surface area (Å²) in [5.74, 6) is 6.27. The van der Waals surface area contributed by atoms with Gasteiger partial charge in [0, 0.05) is 65.2 Å². The van der Waals surface area contributed by atoms with E-state index in [1.165, 1.54) is 33.8 Å². The molecule has 12 heteroatoms. The zero-order valence-electron chi connectivity index (χ0n) is 26.0. The second-order valence-electron chi connectivity index (χ2n) is 12.3. The van der Waals surface area contributed by atoms with Crippen molar-refractivity contribution in [1.29, 1.82) is 0 Å². The van der Waals surface area contributed by atoms with Gasteiger partial charge in [-0.25, -0.2) is 18.7 Å². The number of halogens is 2. The molecule has 0 aliphatic carbocycles. The molecule has 2 aromatic carbocycles. The van der Waals surface area contributed by atoms with Gasteiger partial charge in [0.1, 0.15) is 0 Å². The highest BCUT2D eigenvalue weighted by molar-refractivity contribution is 7.13. The van der Waals surface area contributed by atoms with Crippen LogP contribution < -0.4 is 5.32 Å². The Morgan fingerprint density at radius 3 is 2.68 bits per heavy atom. The van der Waals surface area contributed by atoms with Crippen molar-refractivity contribution in [2.45, 2.75) is 58.2 Å². The number of nitrogens with zero attached hydrogens (tertiary/aromatic N) is 6. The number of fused-ring (bicyclic) bond motifs is 2. The fraction of sp³-hybridized carbons (Fsp3) is 0.371. The van der Waals surface area contributed by atoms with Crippen LogP contribution in [0.15, 0.2) is 54.4 Å². The molecule has 0 radical (unpaired) electrons. The summed E-state index contributed by atoms with van der Waals surface area (Å²) in [6, 6.07) is 8.47. The van der Waals surface area contributed by atoms with E-state index in [-0.39, 0.29) is 17.6 Å². The number of aliphatic hydroxyl groups is 1. The summed E-state index contributed by atoms with van der Waals surface area (Å²) in [5, 5.41) is 19.5. The quantitative estimate of drug-likeness (QED) is 0.208. The summed E-state index contributed by atoms with van der Waals surface area (Å²) < 4.78 is 32.5. The lowest BCUT2D eigenvalue weighted by Crippen LogP contribution is -2.34. The second-order valence-corrected chi connectivity index (χ2v) is 13.2. The first kappa shape index (κ1) is 31.2. The van der Waals surface area contributed by atoms with Gasteiger partial charge in [-0.3, -0.25) is 19.7 Å². The third-order valence-electron chi connectivity index (χ3n) is 9.23. The lowest BCUT2D eigenvalue weighted by Gasteiger charge is -2.31. The van der Waals surface area contributed by atoms with Crippen molar-refractivity contribution >= 4 is 33.3 Å². The van der Waals surface area contributed by atoms with Gasteiger partial charge in [-0.15, -0.1) is 11.3 Å². The van der Waals surface area contributed by atoms with Crippen molar-refractivity contribution in [3.63, 3.8) is 0 Å². The molecule has 47 heavy (non-hydrogen) atoms. The van der Waals surface area contributed by atoms with E-state index in [1.54, 1.807) is 17.9 Å². The first-order valence-electron chi connectivity index (χ1n) is 15.9. The van der Waals surface area contributed by atoms with E-state index in [2.05, 4.69) is 32.0 Å². The summed E-state index contributed by atoms with van der Waals surface area (Å²) in [7, 11) is 0. The number of carbonyl (C=O) groups is 1. The van der Waals surface area contributed by atoms with Crippen LogP contribution in [0.25, 0.3) is 10.9 Å². The number of piperidine rings is 1. The Balaban J connectivity index is 1.19. The van der Waals surface area contributed by atoms with Crippen LogP contribution >= 0.6 is 11.3 Å². The Hall–Kier alpha value is -4.44. The Morgan fingerprint density at radius 2 is 1.96 bits per heavy atom. The second kappa shape index (κ2) is 13.4. The third kappa shape index (κ3) is 6.43. The number of likely N-dealkylation sites (tertiary alicyclic amines) is 1. The summed E-state index contributed by atoms with van der Waals surface area (Å²) >= 11 is 1.29. The van der Waals surface area contributed by atoms with Gasteiger partial charge in [0.25, 0.3) is 12.3 Å². The predicted octanol–water partition coefficient (Wildman–Crippen LogP) is 5.71. The summed E-state index contributed by atoms with van der Waals surface area (Å²) in [5.41, 5.74) is 4.76. The summed E-state index contributed by atoms with van der Waals surface area (Å²) in [4.78, 5) is 24.9. The Kier molecular flexibility index (Phi) is 8.86. The Bertz CT molecular complexity index is 1950. The molecule has 5 heterocycles. The van der Waals surface area contributed by atoms with Crippen LogP contribution in [0.2, 0.25) is 0 Å². The molecule has 1 atom stereocenters. The third-order valence-corrected chi connectivity index (χ3v) is 9.92. The number of nitrogens with one attached hydrogen (secondary N) is 1. The van der Waals surface area contributed by atoms with E-state index in [4.69, 9.17) is 5.10 Å². The molecule has 0 bridgehead atoms. The zero-order valence-corrected chi connectivity index (χ0v) is 26.8. The van der Waals surface area contributed by atoms with Gasteiger partial charge in [0.05, 0.1) is 17.5 Å². The number of alkyl halides is 2. The molecule has 5 aromatic rings. The van der Waals surface area contributed by atoms with Gasteiger partial charge in [0.15, 0.2) is 11.2 Å². The van der Waals surface area contributed by atoms with E-state index >= 15 is 0 Å². The van der Waals surface area contributed by atoms with Crippen molar-refractivity contribution in [2.75, 3.05) is 25.0 Å². The molecule has 2 aliphatic rings. The molecule has 242 valence electrons. The highest BCUT2D eigenvalue weighted by atomic mass is 32.1. The molecule has 1 saturated heterocycles. The number of anilines is 1. The smallest absolute Gasteiger partial charge is 0.264 e. The maximum absolute atomic E-state index is 14.5. The van der Waals surface area contributed by atoms with Gasteiger partial charge in [-0.2, -0.15) is 5.10 Å². The largest absolute Gasteiger partial charge is 0.396 e. The van der Waals surface area contributed by atoms with Gasteiger partial charge in [-0.1, -0.05) is 24.0 Å². The molecule has 2 N–H and O–H groups in total. The lowest BCUT2D eigenvalue weighted by molar-refractivity contribution is -0.118. The fourth-order valence-corrected chi connectivity index (χ4v) is 7.10. The SMILES string of the molecule is Cc1c(C#Cc2ccc(CN3CCC(CO)CC3)cc2)cc(C(F)F)c2cn(C(C(=O)Nc3nccs3)c3ncn4c3CCC4)nc12. The number of carbonyl (C=O) groups excluding carboxylic acids is 1. The van der Waals surface area contributed by atoms with Crippen molar-refractivity contribution < 1.29 is 18.7 Å². The molecule has 0 spiro atoms. The minimum Gasteiger partial charge on any atom is -0.396 e. The molecular weight excluding hydrogens is 620 g/mol. The van der Waals surface area contributed by atoms with E-state index in [1.807, 2.05) is 35.8 Å². The minimum atomic E-state index is -2.77. The van der Waals surface area contributed by atoms with Crippen LogP contribution in [-0.2, 0) is 24.3 Å². The van der Waals surface area contributed by atoms with Crippen LogP contribution in [0.3, 0.4) is 0 Å². The predicted molar refractivity (Wildman–Crippen MR) is 176 cm³/mol. The van der Waals surface area contributed by atoms with Crippen molar-refractivity contribution in [1.82, 2.24) is 29.2 Å². The first-order chi connectivity index (χ1) is 22.9. The number of hydrogen-bond acceptors (Lipinski definition) is 7. The number of benzene rings is 2. The van der Waals surface area contributed by atoms with Crippen molar-refractivity contribution in [2.24, 2.45) is 5.92 Å². The summed E-state index contributed by atoms with van der Waals surface area (Å²) in [6.45, 7) is 5.67. The molecule has 9 nitrogen and oxygen atoms in total. The maximum atomic E-state index is 14.5. The van der Waals surface area contributed by atoms with Gasteiger partial charge in [-0.05, 0) is 80.9 Å². The molecule has 1 unspecified atom stereocenters. The average molecular weight is 656 g/mol. The van der Waals surface area contributed by atoms with Gasteiger partial charge in [0.2, 0.25) is 0 Å². The highest BCUT2D eigenvalue weighted by Crippen LogP contribution is 2.34. The molecule has 3 aromatic heterocycles. The molecule has 1 fully saturated rings. The molecule has 1 amide bonds. The number of aromatic nitrogens is 5. The number of amides is 1. The van der Waals surface area contributed by atoms with Crippen LogP contribution in [0.5, 0.6) is 0 Å². The monoisotopic (exact) mass is 655 g/mol. The van der Waals surface area contributed by atoms with Gasteiger partial charge >= 0.3 is 0 Å². The zero-order chi connectivity index (χ0) is 32.5. The van der Waals surface area contributed by atoms with Crippen LogP contribution in [0.1, 0.15) is 70.9 Å². The molecular formula is C35H35F2N7O2S. The van der Waals surface area contributed by atoms with Crippen LogP contribution in [-0.4, -0.2) is 59.9 Å². The highest BCUT2D eigenvalue weighted by Gasteiger charge is 2.32. The fourth-order valence-electron chi connectivity index (χ4n) is 6.57. The van der Waals surface area contributed by atoms with E-state index in [0.29, 0.717) is 33.4 Å². The summed E-state index contributed by atoms with van der Waals surface area (Å²) in [6.07, 6.45) is 5.81. The van der Waals surface area contributed by atoms with Crippen LogP contribution in [0.4, 0.5) is 13.9 Å². The molecule has 0 saturated carbocycles. The number of thiazole rings is 1. The molecule has 2 aliphatic heterocycles. The number of aryl methyl sites for hydroxylation is 2. The number of imidazole rings is 1. The minimum absolute atomic E-state index is 0.185. The molecule has 7 rings (SSSR count). The van der Waals surface area contributed by atoms with Crippen molar-refractivity contribution in [3.05, 3.63) is 93.6 Å². The number of hydrogen-bond donors (Lipinski definition) is 2. The number of aliphatic hydroxyl groups excluding tert-OH is 1. The Labute approximate surface area is 275 Å². The first-order valence-corrected chi connectivity index (χ1v) is 16.7. The standard InChI is InChI=1S/C35H35F2N7O2S/c1-22-26(9-8-23-4-6-24(7-5-23)18-42-14-10-25(20-45)11-15-42)17-27(33(36)37)28-19-44(41-30(22)28)32(34(46)40-35-38-12-16-47-35)31-29-3-2-13-43(29)21-39-31/h4-7,12,16-17,19,21,25,32-33,45H,2-3,10-11,13-15,18,20H2,1H3,(H,38,40,46). The van der Waals surface area contributed by atoms with Crippen molar-refractivity contribution in [3.8, 4) is 11.8 Å². The maximum Gasteiger partial charge on any atom is 0.264 e.